The van der Waals surface area contributed by atoms with Crippen LogP contribution in [0.25, 0.3) is 11.0 Å². The number of piperidine rings is 1. The smallest absolute Gasteiger partial charge is 0.407 e. The van der Waals surface area contributed by atoms with Crippen molar-refractivity contribution in [2.75, 3.05) is 13.1 Å². The first-order valence-corrected chi connectivity index (χ1v) is 6.90. The highest BCUT2D eigenvalue weighted by atomic mass is 16.4. The van der Waals surface area contributed by atoms with Crippen LogP contribution in [-0.2, 0) is 0 Å². The van der Waals surface area contributed by atoms with E-state index in [9.17, 15) is 9.59 Å². The lowest BCUT2D eigenvalue weighted by atomic mass is 10.0. The molecule has 1 aliphatic heterocycles. The van der Waals surface area contributed by atoms with Gasteiger partial charge in [0.1, 0.15) is 5.58 Å². The molecule has 110 valence electrons. The largest absolute Gasteiger partial charge is 0.465 e. The number of carbonyl (C=O) groups excluding carboxylic acids is 1. The fourth-order valence-electron chi connectivity index (χ4n) is 2.72. The van der Waals surface area contributed by atoms with Crippen LogP contribution in [0.4, 0.5) is 4.79 Å². The van der Waals surface area contributed by atoms with Crippen molar-refractivity contribution in [3.05, 3.63) is 36.1 Å². The molecule has 3 rings (SSSR count). The van der Waals surface area contributed by atoms with Crippen molar-refractivity contribution in [1.29, 1.82) is 0 Å². The Morgan fingerprint density at radius 3 is 3.00 bits per heavy atom. The van der Waals surface area contributed by atoms with E-state index in [0.29, 0.717) is 24.2 Å². The molecule has 0 aliphatic carbocycles. The van der Waals surface area contributed by atoms with Crippen molar-refractivity contribution in [3.63, 3.8) is 0 Å². The van der Waals surface area contributed by atoms with E-state index in [1.165, 1.54) is 4.90 Å². The number of furan rings is 1. The maximum Gasteiger partial charge on any atom is 0.407 e. The number of benzene rings is 1. The first-order chi connectivity index (χ1) is 10.1. The molecule has 1 unspecified atom stereocenters. The monoisotopic (exact) mass is 288 g/mol. The van der Waals surface area contributed by atoms with Gasteiger partial charge in [-0.1, -0.05) is 6.07 Å². The zero-order valence-electron chi connectivity index (χ0n) is 11.4. The predicted molar refractivity (Wildman–Crippen MR) is 76.3 cm³/mol. The highest BCUT2D eigenvalue weighted by Gasteiger charge is 2.25. The minimum absolute atomic E-state index is 0.149. The molecule has 2 amide bonds. The molecule has 1 saturated heterocycles. The minimum Gasteiger partial charge on any atom is -0.465 e. The number of hydrogen-bond acceptors (Lipinski definition) is 3. The first kappa shape index (κ1) is 13.5. The van der Waals surface area contributed by atoms with Gasteiger partial charge in [-0.2, -0.15) is 0 Å². The molecular weight excluding hydrogens is 272 g/mol. The zero-order valence-corrected chi connectivity index (χ0v) is 11.4. The fraction of sp³-hybridized carbons (Fsp3) is 0.333. The van der Waals surface area contributed by atoms with E-state index in [1.807, 2.05) is 0 Å². The van der Waals surface area contributed by atoms with Crippen molar-refractivity contribution in [2.45, 2.75) is 18.9 Å². The average Bonchev–Trinajstić information content (AvgIpc) is 2.95. The zero-order chi connectivity index (χ0) is 14.8. The Morgan fingerprint density at radius 2 is 2.19 bits per heavy atom. The van der Waals surface area contributed by atoms with Gasteiger partial charge in [0.25, 0.3) is 5.91 Å². The van der Waals surface area contributed by atoms with E-state index in [1.54, 1.807) is 30.5 Å². The number of amides is 2. The number of rotatable bonds is 2. The van der Waals surface area contributed by atoms with E-state index < -0.39 is 6.09 Å². The third kappa shape index (κ3) is 2.69. The molecule has 21 heavy (non-hydrogen) atoms. The van der Waals surface area contributed by atoms with Crippen LogP contribution in [0, 0.1) is 0 Å². The van der Waals surface area contributed by atoms with Crippen molar-refractivity contribution < 1.29 is 19.1 Å². The summed E-state index contributed by atoms with van der Waals surface area (Å²) >= 11 is 0. The van der Waals surface area contributed by atoms with Crippen LogP contribution in [0.1, 0.15) is 23.2 Å². The Labute approximate surface area is 121 Å². The molecule has 1 aromatic heterocycles. The topological polar surface area (TPSA) is 82.8 Å². The summed E-state index contributed by atoms with van der Waals surface area (Å²) < 4.78 is 5.28. The number of fused-ring (bicyclic) bond motifs is 1. The number of nitrogens with one attached hydrogen (secondary N) is 1. The highest BCUT2D eigenvalue weighted by molar-refractivity contribution is 6.06. The van der Waals surface area contributed by atoms with Gasteiger partial charge in [-0.15, -0.1) is 0 Å². The van der Waals surface area contributed by atoms with Crippen LogP contribution >= 0.6 is 0 Å². The van der Waals surface area contributed by atoms with Crippen molar-refractivity contribution in [3.8, 4) is 0 Å². The van der Waals surface area contributed by atoms with E-state index in [0.717, 1.165) is 18.2 Å². The second-order valence-electron chi connectivity index (χ2n) is 5.18. The van der Waals surface area contributed by atoms with E-state index in [2.05, 4.69) is 5.32 Å². The molecule has 6 heteroatoms. The molecule has 1 fully saturated rings. The maximum absolute atomic E-state index is 12.4. The summed E-state index contributed by atoms with van der Waals surface area (Å²) in [4.78, 5) is 24.7. The highest BCUT2D eigenvalue weighted by Crippen LogP contribution is 2.20. The Hall–Kier alpha value is -2.50. The molecule has 0 spiro atoms. The Kier molecular flexibility index (Phi) is 3.51. The molecule has 0 saturated carbocycles. The van der Waals surface area contributed by atoms with Gasteiger partial charge in [-0.3, -0.25) is 4.79 Å². The van der Waals surface area contributed by atoms with Gasteiger partial charge < -0.3 is 19.7 Å². The first-order valence-electron chi connectivity index (χ1n) is 6.90. The molecule has 0 radical (unpaired) electrons. The molecule has 2 N–H and O–H groups in total. The number of likely N-dealkylation sites (tertiary alicyclic amines) is 1. The van der Waals surface area contributed by atoms with Crippen LogP contribution in [0.15, 0.2) is 34.9 Å². The second-order valence-corrected chi connectivity index (χ2v) is 5.18. The Morgan fingerprint density at radius 1 is 1.33 bits per heavy atom. The molecular formula is C15H16N2O4. The average molecular weight is 288 g/mol. The fourth-order valence-corrected chi connectivity index (χ4v) is 2.72. The van der Waals surface area contributed by atoms with Crippen molar-refractivity contribution >= 4 is 23.0 Å². The van der Waals surface area contributed by atoms with Crippen molar-refractivity contribution in [2.24, 2.45) is 0 Å². The SMILES string of the molecule is O=C(NC1CCCN(C(=O)O)C1)c1cccc2occc12. The summed E-state index contributed by atoms with van der Waals surface area (Å²) in [7, 11) is 0. The summed E-state index contributed by atoms with van der Waals surface area (Å²) in [5.41, 5.74) is 1.21. The summed E-state index contributed by atoms with van der Waals surface area (Å²) in [6.45, 7) is 0.863. The molecule has 0 bridgehead atoms. The molecule has 1 aliphatic rings. The molecule has 6 nitrogen and oxygen atoms in total. The quantitative estimate of drug-likeness (QED) is 0.888. The van der Waals surface area contributed by atoms with Gasteiger partial charge in [-0.25, -0.2) is 4.79 Å². The molecule has 2 heterocycles. The lowest BCUT2D eigenvalue weighted by Crippen LogP contribution is -2.49. The number of carbonyl (C=O) groups is 2. The van der Waals surface area contributed by atoms with Crippen LogP contribution in [0.3, 0.4) is 0 Å². The predicted octanol–water partition coefficient (Wildman–Crippen LogP) is 2.30. The minimum atomic E-state index is -0.939. The van der Waals surface area contributed by atoms with Crippen LogP contribution in [-0.4, -0.2) is 41.1 Å². The Bertz CT molecular complexity index is 679. The van der Waals surface area contributed by atoms with Gasteiger partial charge in [0.15, 0.2) is 0 Å². The standard InChI is InChI=1S/C15H16N2O4/c18-14(12-4-1-5-13-11(12)6-8-21-13)16-10-3-2-7-17(9-10)15(19)20/h1,4-6,8,10H,2-3,7,9H2,(H,16,18)(H,19,20). The lowest BCUT2D eigenvalue weighted by molar-refractivity contribution is 0.0890. The Balaban J connectivity index is 1.74. The van der Waals surface area contributed by atoms with E-state index in [4.69, 9.17) is 9.52 Å². The van der Waals surface area contributed by atoms with E-state index in [-0.39, 0.29) is 11.9 Å². The van der Waals surface area contributed by atoms with E-state index >= 15 is 0 Å². The number of hydrogen-bond donors (Lipinski definition) is 2. The van der Waals surface area contributed by atoms with Crippen LogP contribution in [0.2, 0.25) is 0 Å². The van der Waals surface area contributed by atoms with Gasteiger partial charge in [0.05, 0.1) is 11.8 Å². The van der Waals surface area contributed by atoms with Crippen LogP contribution < -0.4 is 5.32 Å². The van der Waals surface area contributed by atoms with Crippen LogP contribution in [0.5, 0.6) is 0 Å². The van der Waals surface area contributed by atoms with Gasteiger partial charge in [0, 0.05) is 24.5 Å². The third-order valence-corrected chi connectivity index (χ3v) is 3.77. The summed E-state index contributed by atoms with van der Waals surface area (Å²) in [6.07, 6.45) is 2.16. The molecule has 1 aromatic carbocycles. The normalized spacial score (nSPS) is 18.7. The summed E-state index contributed by atoms with van der Waals surface area (Å²) in [6, 6.07) is 6.92. The van der Waals surface area contributed by atoms with Gasteiger partial charge in [-0.05, 0) is 31.0 Å². The van der Waals surface area contributed by atoms with Gasteiger partial charge in [0.2, 0.25) is 0 Å². The number of carboxylic acid groups (broad SMARTS) is 1. The molecule has 2 aromatic rings. The summed E-state index contributed by atoms with van der Waals surface area (Å²) in [5, 5.41) is 12.7. The second kappa shape index (κ2) is 5.47. The summed E-state index contributed by atoms with van der Waals surface area (Å²) in [5.74, 6) is -0.195. The molecule has 1 atom stereocenters. The lowest BCUT2D eigenvalue weighted by Gasteiger charge is -2.31. The van der Waals surface area contributed by atoms with Crippen molar-refractivity contribution in [1.82, 2.24) is 10.2 Å². The third-order valence-electron chi connectivity index (χ3n) is 3.77. The maximum atomic E-state index is 12.4. The van der Waals surface area contributed by atoms with Gasteiger partial charge >= 0.3 is 6.09 Å². The number of nitrogens with zero attached hydrogens (tertiary/aromatic N) is 1.